The molecule has 1 aromatic heterocycles. The first-order valence-corrected chi connectivity index (χ1v) is 7.54. The Morgan fingerprint density at radius 1 is 1.32 bits per heavy atom. The molecule has 2 aromatic rings. The minimum Gasteiger partial charge on any atom is -0.375 e. The summed E-state index contributed by atoms with van der Waals surface area (Å²) in [5, 5.41) is 19.1. The first kappa shape index (κ1) is 14.9. The molecule has 1 amide bonds. The summed E-state index contributed by atoms with van der Waals surface area (Å²) >= 11 is 6.06. The SMILES string of the molecule is CCCN1C(=O)C(O)(Cc2ccnnc2)c2cc(Cl)ccc21. The largest absolute Gasteiger partial charge is 0.375 e. The van der Waals surface area contributed by atoms with Gasteiger partial charge in [-0.1, -0.05) is 18.5 Å². The Hall–Kier alpha value is -1.98. The van der Waals surface area contributed by atoms with E-state index in [4.69, 9.17) is 11.6 Å². The molecule has 0 saturated carbocycles. The van der Waals surface area contributed by atoms with Gasteiger partial charge in [-0.3, -0.25) is 4.79 Å². The number of halogens is 1. The van der Waals surface area contributed by atoms with Gasteiger partial charge in [-0.15, -0.1) is 0 Å². The van der Waals surface area contributed by atoms with Gasteiger partial charge in [-0.25, -0.2) is 0 Å². The molecule has 0 saturated heterocycles. The lowest BCUT2D eigenvalue weighted by Crippen LogP contribution is -2.42. The van der Waals surface area contributed by atoms with Crippen LogP contribution in [0.1, 0.15) is 24.5 Å². The molecule has 0 fully saturated rings. The minimum absolute atomic E-state index is 0.148. The lowest BCUT2D eigenvalue weighted by molar-refractivity contribution is -0.136. The summed E-state index contributed by atoms with van der Waals surface area (Å²) in [5.41, 5.74) is 0.407. The maximum Gasteiger partial charge on any atom is 0.264 e. The van der Waals surface area contributed by atoms with Gasteiger partial charge in [-0.05, 0) is 36.2 Å². The van der Waals surface area contributed by atoms with Gasteiger partial charge in [0, 0.05) is 29.7 Å². The summed E-state index contributed by atoms with van der Waals surface area (Å²) in [6.45, 7) is 2.55. The third-order valence-corrected chi connectivity index (χ3v) is 4.08. The Labute approximate surface area is 133 Å². The Morgan fingerprint density at radius 2 is 2.14 bits per heavy atom. The van der Waals surface area contributed by atoms with E-state index in [1.165, 1.54) is 0 Å². The van der Waals surface area contributed by atoms with Crippen LogP contribution in [0.25, 0.3) is 0 Å². The van der Waals surface area contributed by atoms with Crippen molar-refractivity contribution in [3.05, 3.63) is 52.8 Å². The van der Waals surface area contributed by atoms with Gasteiger partial charge in [0.15, 0.2) is 5.60 Å². The second kappa shape index (κ2) is 5.66. The summed E-state index contributed by atoms with van der Waals surface area (Å²) in [4.78, 5) is 14.4. The predicted molar refractivity (Wildman–Crippen MR) is 83.7 cm³/mol. The van der Waals surface area contributed by atoms with Crippen LogP contribution in [0, 0.1) is 0 Å². The number of hydrogen-bond donors (Lipinski definition) is 1. The molecule has 0 radical (unpaired) electrons. The highest BCUT2D eigenvalue weighted by atomic mass is 35.5. The minimum atomic E-state index is -1.61. The fourth-order valence-corrected chi connectivity index (χ4v) is 3.03. The second-order valence-electron chi connectivity index (χ2n) is 5.41. The first-order chi connectivity index (χ1) is 10.6. The first-order valence-electron chi connectivity index (χ1n) is 7.16. The molecule has 1 aliphatic rings. The zero-order chi connectivity index (χ0) is 15.7. The van der Waals surface area contributed by atoms with Gasteiger partial charge >= 0.3 is 0 Å². The Balaban J connectivity index is 2.07. The van der Waals surface area contributed by atoms with Crippen molar-refractivity contribution in [2.75, 3.05) is 11.4 Å². The zero-order valence-electron chi connectivity index (χ0n) is 12.2. The van der Waals surface area contributed by atoms with E-state index >= 15 is 0 Å². The molecular weight excluding hydrogens is 302 g/mol. The van der Waals surface area contributed by atoms with E-state index in [0.717, 1.165) is 17.7 Å². The van der Waals surface area contributed by atoms with Gasteiger partial charge < -0.3 is 10.0 Å². The van der Waals surface area contributed by atoms with Crippen LogP contribution in [0.15, 0.2) is 36.7 Å². The zero-order valence-corrected chi connectivity index (χ0v) is 12.9. The highest BCUT2D eigenvalue weighted by molar-refractivity contribution is 6.31. The molecule has 1 aromatic carbocycles. The van der Waals surface area contributed by atoms with Gasteiger partial charge in [0.25, 0.3) is 5.91 Å². The van der Waals surface area contributed by atoms with Crippen molar-refractivity contribution in [3.8, 4) is 0 Å². The predicted octanol–water partition coefficient (Wildman–Crippen LogP) is 2.32. The molecule has 1 aliphatic heterocycles. The molecular formula is C16H16ClN3O2. The number of benzene rings is 1. The average molecular weight is 318 g/mol. The second-order valence-corrected chi connectivity index (χ2v) is 5.84. The van der Waals surface area contributed by atoms with Crippen LogP contribution in [0.4, 0.5) is 5.69 Å². The van der Waals surface area contributed by atoms with E-state index in [0.29, 0.717) is 17.1 Å². The summed E-state index contributed by atoms with van der Waals surface area (Å²) in [5.74, 6) is -0.316. The number of hydrogen-bond acceptors (Lipinski definition) is 4. The van der Waals surface area contributed by atoms with E-state index in [9.17, 15) is 9.90 Å². The Kier molecular flexibility index (Phi) is 3.85. The number of amides is 1. The van der Waals surface area contributed by atoms with Gasteiger partial charge in [0.1, 0.15) is 0 Å². The van der Waals surface area contributed by atoms with Crippen molar-refractivity contribution in [1.82, 2.24) is 10.2 Å². The Bertz CT molecular complexity index is 708. The van der Waals surface area contributed by atoms with Crippen molar-refractivity contribution in [2.45, 2.75) is 25.4 Å². The number of aromatic nitrogens is 2. The lowest BCUT2D eigenvalue weighted by atomic mass is 9.89. The maximum atomic E-state index is 12.8. The number of nitrogens with zero attached hydrogens (tertiary/aromatic N) is 3. The number of anilines is 1. The van der Waals surface area contributed by atoms with Crippen LogP contribution in [0.2, 0.25) is 5.02 Å². The monoisotopic (exact) mass is 317 g/mol. The molecule has 6 heteroatoms. The third-order valence-electron chi connectivity index (χ3n) is 3.85. The van der Waals surface area contributed by atoms with Crippen molar-refractivity contribution in [1.29, 1.82) is 0 Å². The highest BCUT2D eigenvalue weighted by Gasteiger charge is 2.49. The molecule has 0 bridgehead atoms. The van der Waals surface area contributed by atoms with Crippen molar-refractivity contribution in [2.24, 2.45) is 0 Å². The molecule has 22 heavy (non-hydrogen) atoms. The molecule has 0 spiro atoms. The highest BCUT2D eigenvalue weighted by Crippen LogP contribution is 2.43. The topological polar surface area (TPSA) is 66.3 Å². The normalized spacial score (nSPS) is 20.3. The lowest BCUT2D eigenvalue weighted by Gasteiger charge is -2.23. The number of rotatable bonds is 4. The molecule has 2 heterocycles. The van der Waals surface area contributed by atoms with Crippen molar-refractivity contribution >= 4 is 23.2 Å². The van der Waals surface area contributed by atoms with Crippen LogP contribution in [0.3, 0.4) is 0 Å². The summed E-state index contributed by atoms with van der Waals surface area (Å²) in [6.07, 6.45) is 4.05. The van der Waals surface area contributed by atoms with E-state index in [2.05, 4.69) is 10.2 Å². The van der Waals surface area contributed by atoms with Crippen LogP contribution >= 0.6 is 11.6 Å². The summed E-state index contributed by atoms with van der Waals surface area (Å²) < 4.78 is 0. The van der Waals surface area contributed by atoms with E-state index < -0.39 is 5.60 Å². The van der Waals surface area contributed by atoms with Crippen molar-refractivity contribution < 1.29 is 9.90 Å². The summed E-state index contributed by atoms with van der Waals surface area (Å²) in [6, 6.07) is 6.92. The molecule has 1 N–H and O–H groups in total. The molecule has 114 valence electrons. The van der Waals surface area contributed by atoms with Crippen LogP contribution < -0.4 is 4.90 Å². The van der Waals surface area contributed by atoms with Gasteiger partial charge in [0.05, 0.1) is 11.9 Å². The Morgan fingerprint density at radius 3 is 2.82 bits per heavy atom. The molecule has 1 atom stereocenters. The van der Waals surface area contributed by atoms with Gasteiger partial charge in [0.2, 0.25) is 0 Å². The number of carbonyl (C=O) groups excluding carboxylic acids is 1. The quantitative estimate of drug-likeness (QED) is 0.939. The molecule has 0 aliphatic carbocycles. The van der Waals surface area contributed by atoms with Crippen LogP contribution in [0.5, 0.6) is 0 Å². The maximum absolute atomic E-state index is 12.8. The standard InChI is InChI=1S/C16H16ClN3O2/c1-2-7-20-14-4-3-12(17)8-13(14)16(22,15(20)21)9-11-5-6-18-19-10-11/h3-6,8,10,22H,2,7,9H2,1H3. The van der Waals surface area contributed by atoms with E-state index in [1.54, 1.807) is 41.6 Å². The number of fused-ring (bicyclic) bond motifs is 1. The van der Waals surface area contributed by atoms with E-state index in [-0.39, 0.29) is 12.3 Å². The average Bonchev–Trinajstić information content (AvgIpc) is 2.71. The van der Waals surface area contributed by atoms with Crippen molar-refractivity contribution in [3.63, 3.8) is 0 Å². The smallest absolute Gasteiger partial charge is 0.264 e. The van der Waals surface area contributed by atoms with E-state index in [1.807, 2.05) is 6.92 Å². The third kappa shape index (κ3) is 2.36. The fourth-order valence-electron chi connectivity index (χ4n) is 2.86. The molecule has 1 unspecified atom stereocenters. The van der Waals surface area contributed by atoms with Crippen LogP contribution in [-0.2, 0) is 16.8 Å². The number of carbonyl (C=O) groups is 1. The summed E-state index contributed by atoms with van der Waals surface area (Å²) in [7, 11) is 0. The molecule has 3 rings (SSSR count). The fraction of sp³-hybridized carbons (Fsp3) is 0.312. The number of aliphatic hydroxyl groups is 1. The molecule has 5 nitrogen and oxygen atoms in total. The van der Waals surface area contributed by atoms with Crippen LogP contribution in [-0.4, -0.2) is 27.8 Å². The van der Waals surface area contributed by atoms with Gasteiger partial charge in [-0.2, -0.15) is 10.2 Å².